The zero-order valence-electron chi connectivity index (χ0n) is 7.98. The number of halogens is 2. The van der Waals surface area contributed by atoms with Gasteiger partial charge in [-0.15, -0.1) is 11.6 Å². The molecule has 0 aliphatic carbocycles. The monoisotopic (exact) mass is 200 g/mol. The van der Waals surface area contributed by atoms with E-state index in [1.54, 1.807) is 12.1 Å². The maximum atomic E-state index is 13.3. The molecule has 1 unspecified atom stereocenters. The Morgan fingerprint density at radius 2 is 2.15 bits per heavy atom. The summed E-state index contributed by atoms with van der Waals surface area (Å²) in [6, 6.07) is 5.31. The third kappa shape index (κ3) is 2.44. The first-order valence-electron chi connectivity index (χ1n) is 4.53. The van der Waals surface area contributed by atoms with Gasteiger partial charge in [0.15, 0.2) is 0 Å². The molecule has 0 heterocycles. The van der Waals surface area contributed by atoms with Crippen LogP contribution in [0.25, 0.3) is 0 Å². The lowest BCUT2D eigenvalue weighted by Gasteiger charge is -2.09. The molecule has 0 aliphatic heterocycles. The minimum absolute atomic E-state index is 0.187. The lowest BCUT2D eigenvalue weighted by Crippen LogP contribution is -1.94. The Hall–Kier alpha value is -0.560. The summed E-state index contributed by atoms with van der Waals surface area (Å²) in [7, 11) is 0. The zero-order chi connectivity index (χ0) is 9.84. The second-order valence-corrected chi connectivity index (χ2v) is 3.56. The van der Waals surface area contributed by atoms with E-state index >= 15 is 0 Å². The van der Waals surface area contributed by atoms with Gasteiger partial charge in [-0.25, -0.2) is 4.39 Å². The molecule has 0 bridgehead atoms. The molecule has 0 aromatic heterocycles. The SMILES string of the molecule is CCC(C)c1ccc(CCl)c(F)c1. The average Bonchev–Trinajstić information content (AvgIpc) is 2.16. The molecule has 0 nitrogen and oxygen atoms in total. The summed E-state index contributed by atoms with van der Waals surface area (Å²) < 4.78 is 13.3. The van der Waals surface area contributed by atoms with Crippen LogP contribution in [-0.4, -0.2) is 0 Å². The van der Waals surface area contributed by atoms with Crippen molar-refractivity contribution in [1.82, 2.24) is 0 Å². The van der Waals surface area contributed by atoms with Crippen molar-refractivity contribution < 1.29 is 4.39 Å². The molecule has 0 amide bonds. The summed E-state index contributed by atoms with van der Waals surface area (Å²) >= 11 is 5.56. The van der Waals surface area contributed by atoms with Crippen LogP contribution < -0.4 is 0 Å². The van der Waals surface area contributed by atoms with E-state index in [2.05, 4.69) is 13.8 Å². The number of alkyl halides is 1. The van der Waals surface area contributed by atoms with Crippen LogP contribution >= 0.6 is 11.6 Å². The van der Waals surface area contributed by atoms with Gasteiger partial charge in [0.05, 0.1) is 5.88 Å². The second-order valence-electron chi connectivity index (χ2n) is 3.29. The van der Waals surface area contributed by atoms with Gasteiger partial charge in [0.2, 0.25) is 0 Å². The zero-order valence-corrected chi connectivity index (χ0v) is 8.74. The van der Waals surface area contributed by atoms with E-state index in [1.807, 2.05) is 6.07 Å². The molecule has 0 radical (unpaired) electrons. The van der Waals surface area contributed by atoms with Crippen molar-refractivity contribution in [2.24, 2.45) is 0 Å². The van der Waals surface area contributed by atoms with E-state index in [1.165, 1.54) is 0 Å². The Morgan fingerprint density at radius 1 is 1.46 bits per heavy atom. The molecule has 0 saturated carbocycles. The first kappa shape index (κ1) is 10.5. The molecule has 72 valence electrons. The Labute approximate surface area is 83.7 Å². The van der Waals surface area contributed by atoms with Gasteiger partial charge in [-0.2, -0.15) is 0 Å². The minimum atomic E-state index is -0.187. The molecule has 1 aromatic rings. The van der Waals surface area contributed by atoms with Crippen LogP contribution in [0.15, 0.2) is 18.2 Å². The standard InChI is InChI=1S/C11H14ClF/c1-3-8(2)9-4-5-10(7-12)11(13)6-9/h4-6,8H,3,7H2,1-2H3. The summed E-state index contributed by atoms with van der Waals surface area (Å²) in [5, 5.41) is 0. The Kier molecular flexibility index (Phi) is 3.73. The maximum Gasteiger partial charge on any atom is 0.127 e. The van der Waals surface area contributed by atoms with Gasteiger partial charge in [-0.05, 0) is 24.0 Å². The highest BCUT2D eigenvalue weighted by atomic mass is 35.5. The molecule has 0 fully saturated rings. The Morgan fingerprint density at radius 3 is 2.62 bits per heavy atom. The third-order valence-corrected chi connectivity index (χ3v) is 2.69. The first-order chi connectivity index (χ1) is 6.19. The van der Waals surface area contributed by atoms with Crippen LogP contribution in [0, 0.1) is 5.82 Å². The molecular formula is C11H14ClF. The number of hydrogen-bond donors (Lipinski definition) is 0. The highest BCUT2D eigenvalue weighted by molar-refractivity contribution is 6.17. The van der Waals surface area contributed by atoms with Crippen molar-refractivity contribution in [1.29, 1.82) is 0 Å². The largest absolute Gasteiger partial charge is 0.207 e. The molecular weight excluding hydrogens is 187 g/mol. The molecule has 1 rings (SSSR count). The molecule has 0 spiro atoms. The van der Waals surface area contributed by atoms with Crippen LogP contribution in [0.2, 0.25) is 0 Å². The van der Waals surface area contributed by atoms with Crippen molar-refractivity contribution in [2.45, 2.75) is 32.1 Å². The van der Waals surface area contributed by atoms with Crippen molar-refractivity contribution in [3.8, 4) is 0 Å². The lowest BCUT2D eigenvalue weighted by atomic mass is 9.97. The summed E-state index contributed by atoms with van der Waals surface area (Å²) in [6.45, 7) is 4.19. The van der Waals surface area contributed by atoms with Crippen LogP contribution in [-0.2, 0) is 5.88 Å². The van der Waals surface area contributed by atoms with E-state index in [0.29, 0.717) is 11.5 Å². The van der Waals surface area contributed by atoms with Gasteiger partial charge in [-0.3, -0.25) is 0 Å². The van der Waals surface area contributed by atoms with Gasteiger partial charge in [0.1, 0.15) is 5.82 Å². The van der Waals surface area contributed by atoms with E-state index in [0.717, 1.165) is 12.0 Å². The molecule has 1 aromatic carbocycles. The van der Waals surface area contributed by atoms with Gasteiger partial charge >= 0.3 is 0 Å². The van der Waals surface area contributed by atoms with Crippen LogP contribution in [0.3, 0.4) is 0 Å². The molecule has 13 heavy (non-hydrogen) atoms. The fourth-order valence-corrected chi connectivity index (χ4v) is 1.43. The van der Waals surface area contributed by atoms with E-state index in [9.17, 15) is 4.39 Å². The minimum Gasteiger partial charge on any atom is -0.207 e. The van der Waals surface area contributed by atoms with Crippen molar-refractivity contribution in [3.63, 3.8) is 0 Å². The molecule has 2 heteroatoms. The van der Waals surface area contributed by atoms with Crippen LogP contribution in [0.1, 0.15) is 37.3 Å². The Bertz CT molecular complexity index is 283. The first-order valence-corrected chi connectivity index (χ1v) is 5.06. The molecule has 1 atom stereocenters. The highest BCUT2D eigenvalue weighted by Gasteiger charge is 2.06. The van der Waals surface area contributed by atoms with Crippen molar-refractivity contribution in [3.05, 3.63) is 35.1 Å². The van der Waals surface area contributed by atoms with Gasteiger partial charge in [0, 0.05) is 5.56 Å². The summed E-state index contributed by atoms with van der Waals surface area (Å²) in [6.07, 6.45) is 1.03. The Balaban J connectivity index is 2.95. The van der Waals surface area contributed by atoms with E-state index in [-0.39, 0.29) is 11.7 Å². The van der Waals surface area contributed by atoms with Crippen molar-refractivity contribution in [2.75, 3.05) is 0 Å². The fraction of sp³-hybridized carbons (Fsp3) is 0.455. The molecule has 0 N–H and O–H groups in total. The summed E-state index contributed by atoms with van der Waals surface area (Å²) in [4.78, 5) is 0. The van der Waals surface area contributed by atoms with Gasteiger partial charge in [0.25, 0.3) is 0 Å². The summed E-state index contributed by atoms with van der Waals surface area (Å²) in [5.74, 6) is 0.471. The van der Waals surface area contributed by atoms with Gasteiger partial charge in [-0.1, -0.05) is 26.0 Å². The maximum absolute atomic E-state index is 13.3. The number of rotatable bonds is 3. The number of benzene rings is 1. The normalized spacial score (nSPS) is 12.9. The lowest BCUT2D eigenvalue weighted by molar-refractivity contribution is 0.609. The topological polar surface area (TPSA) is 0 Å². The molecule has 0 saturated heterocycles. The van der Waals surface area contributed by atoms with Crippen molar-refractivity contribution >= 4 is 11.6 Å². The van der Waals surface area contributed by atoms with E-state index < -0.39 is 0 Å². The smallest absolute Gasteiger partial charge is 0.127 e. The predicted molar refractivity (Wildman–Crippen MR) is 54.7 cm³/mol. The quantitative estimate of drug-likeness (QED) is 0.645. The van der Waals surface area contributed by atoms with Gasteiger partial charge < -0.3 is 0 Å². The molecule has 0 aliphatic rings. The number of hydrogen-bond acceptors (Lipinski definition) is 0. The summed E-state index contributed by atoms with van der Waals surface area (Å²) in [5.41, 5.74) is 1.63. The highest BCUT2D eigenvalue weighted by Crippen LogP contribution is 2.21. The van der Waals surface area contributed by atoms with Crippen LogP contribution in [0.5, 0.6) is 0 Å². The van der Waals surface area contributed by atoms with Crippen LogP contribution in [0.4, 0.5) is 4.39 Å². The average molecular weight is 201 g/mol. The second kappa shape index (κ2) is 4.61. The fourth-order valence-electron chi connectivity index (χ4n) is 1.21. The van der Waals surface area contributed by atoms with E-state index in [4.69, 9.17) is 11.6 Å². The predicted octanol–water partition coefficient (Wildman–Crippen LogP) is 4.08. The third-order valence-electron chi connectivity index (χ3n) is 2.40.